The molecule has 6 nitrogen and oxygen atoms in total. The number of hydrogen-bond donors (Lipinski definition) is 2. The van der Waals surface area contributed by atoms with Crippen molar-refractivity contribution in [1.29, 1.82) is 0 Å². The van der Waals surface area contributed by atoms with E-state index in [2.05, 4.69) is 4.72 Å². The van der Waals surface area contributed by atoms with Gasteiger partial charge in [-0.1, -0.05) is 36.5 Å². The minimum absolute atomic E-state index is 0.168. The maximum absolute atomic E-state index is 12.0. The van der Waals surface area contributed by atoms with Gasteiger partial charge in [-0.25, -0.2) is 13.1 Å². The average molecular weight is 332 g/mol. The van der Waals surface area contributed by atoms with Gasteiger partial charge in [-0.15, -0.1) is 0 Å². The number of ether oxygens (including phenoxy) is 2. The first-order chi connectivity index (χ1) is 9.96. The molecule has 3 N–H and O–H groups in total. The maximum atomic E-state index is 12.0. The molecule has 0 spiro atoms. The fraction of sp³-hybridized carbons (Fsp3) is 0.462. The van der Waals surface area contributed by atoms with Crippen molar-refractivity contribution in [3.63, 3.8) is 0 Å². The van der Waals surface area contributed by atoms with Crippen LogP contribution in [-0.2, 0) is 25.2 Å². The molecular formula is C13H20N2O4S2. The van der Waals surface area contributed by atoms with Gasteiger partial charge in [-0.2, -0.15) is 0 Å². The second kappa shape index (κ2) is 9.06. The van der Waals surface area contributed by atoms with Crippen LogP contribution in [0.4, 0.5) is 0 Å². The van der Waals surface area contributed by atoms with Gasteiger partial charge in [0.2, 0.25) is 10.0 Å². The average Bonchev–Trinajstić information content (AvgIpc) is 2.42. The molecule has 0 aliphatic carbocycles. The Morgan fingerprint density at radius 1 is 1.29 bits per heavy atom. The van der Waals surface area contributed by atoms with Gasteiger partial charge in [0.15, 0.2) is 0 Å². The van der Waals surface area contributed by atoms with E-state index in [0.717, 1.165) is 0 Å². The zero-order chi connectivity index (χ0) is 15.7. The van der Waals surface area contributed by atoms with E-state index in [1.807, 2.05) is 0 Å². The third-order valence-corrected chi connectivity index (χ3v) is 4.18. The molecule has 0 radical (unpaired) electrons. The molecule has 0 saturated heterocycles. The van der Waals surface area contributed by atoms with E-state index in [4.69, 9.17) is 27.4 Å². The van der Waals surface area contributed by atoms with Gasteiger partial charge in [0.1, 0.15) is 4.99 Å². The summed E-state index contributed by atoms with van der Waals surface area (Å²) in [5.74, 6) is -0.168. The summed E-state index contributed by atoms with van der Waals surface area (Å²) in [4.78, 5) is 0.184. The Labute approximate surface area is 130 Å². The second-order valence-corrected chi connectivity index (χ2v) is 6.53. The molecule has 8 heteroatoms. The van der Waals surface area contributed by atoms with E-state index >= 15 is 0 Å². The summed E-state index contributed by atoms with van der Waals surface area (Å²) >= 11 is 4.92. The monoisotopic (exact) mass is 332 g/mol. The topological polar surface area (TPSA) is 90.6 Å². The molecule has 1 aromatic rings. The lowest BCUT2D eigenvalue weighted by atomic mass is 10.1. The van der Waals surface area contributed by atoms with E-state index in [1.165, 1.54) is 0 Å². The predicted octanol–water partition coefficient (Wildman–Crippen LogP) is 0.403. The highest BCUT2D eigenvalue weighted by Crippen LogP contribution is 2.11. The number of sulfonamides is 1. The highest BCUT2D eigenvalue weighted by atomic mass is 32.2. The van der Waals surface area contributed by atoms with Crippen molar-refractivity contribution in [2.24, 2.45) is 5.73 Å². The molecule has 0 saturated carbocycles. The predicted molar refractivity (Wildman–Crippen MR) is 85.7 cm³/mol. The van der Waals surface area contributed by atoms with E-state index in [1.54, 1.807) is 31.4 Å². The molecule has 0 amide bonds. The van der Waals surface area contributed by atoms with Crippen LogP contribution in [0.15, 0.2) is 24.3 Å². The third kappa shape index (κ3) is 6.96. The van der Waals surface area contributed by atoms with E-state index in [9.17, 15) is 8.42 Å². The fourth-order valence-corrected chi connectivity index (χ4v) is 3.01. The molecule has 0 fully saturated rings. The molecule has 0 aliphatic heterocycles. The number of rotatable bonds is 10. The number of hydrogen-bond acceptors (Lipinski definition) is 5. The molecule has 118 valence electrons. The Balaban J connectivity index is 2.51. The Morgan fingerprint density at radius 2 is 2.00 bits per heavy atom. The lowest BCUT2D eigenvalue weighted by Crippen LogP contribution is -2.29. The number of nitrogens with one attached hydrogen (secondary N) is 1. The highest BCUT2D eigenvalue weighted by Gasteiger charge is 2.14. The van der Waals surface area contributed by atoms with Crippen molar-refractivity contribution >= 4 is 27.2 Å². The number of benzene rings is 1. The number of methoxy groups -OCH3 is 1. The van der Waals surface area contributed by atoms with Crippen molar-refractivity contribution in [2.75, 3.05) is 33.5 Å². The van der Waals surface area contributed by atoms with Gasteiger partial charge in [0.25, 0.3) is 0 Å². The maximum Gasteiger partial charge on any atom is 0.215 e. The number of thiocarbonyl (C=S) groups is 1. The van der Waals surface area contributed by atoms with Gasteiger partial charge >= 0.3 is 0 Å². The zero-order valence-electron chi connectivity index (χ0n) is 11.9. The lowest BCUT2D eigenvalue weighted by Gasteiger charge is -2.10. The molecular weight excluding hydrogens is 312 g/mol. The van der Waals surface area contributed by atoms with Crippen molar-refractivity contribution in [3.8, 4) is 0 Å². The fourth-order valence-electron chi connectivity index (χ4n) is 1.66. The summed E-state index contributed by atoms with van der Waals surface area (Å²) in [5, 5.41) is 0. The standard InChI is InChI=1S/C13H20N2O4S2/c1-18-8-9-19-7-6-15-21(16,17)10-11-4-2-3-5-12(11)13(14)20/h2-5,15H,6-10H2,1H3,(H2,14,20). The molecule has 21 heavy (non-hydrogen) atoms. The van der Waals surface area contributed by atoms with Crippen LogP contribution in [0, 0.1) is 0 Å². The SMILES string of the molecule is COCCOCCNS(=O)(=O)Cc1ccccc1C(N)=S. The molecule has 1 aromatic carbocycles. The molecule has 1 rings (SSSR count). The van der Waals surface area contributed by atoms with Gasteiger partial charge in [0.05, 0.1) is 25.6 Å². The number of nitrogens with two attached hydrogens (primary N) is 1. The minimum atomic E-state index is -3.46. The lowest BCUT2D eigenvalue weighted by molar-refractivity contribution is 0.0736. The van der Waals surface area contributed by atoms with Crippen molar-refractivity contribution in [3.05, 3.63) is 35.4 Å². The van der Waals surface area contributed by atoms with Crippen LogP contribution in [0.5, 0.6) is 0 Å². The first kappa shape index (κ1) is 18.0. The molecule has 0 aliphatic rings. The normalized spacial score (nSPS) is 11.5. The Bertz CT molecular complexity index is 561. The third-order valence-electron chi connectivity index (χ3n) is 2.63. The van der Waals surface area contributed by atoms with E-state index < -0.39 is 10.0 Å². The van der Waals surface area contributed by atoms with Crippen molar-refractivity contribution in [1.82, 2.24) is 4.72 Å². The van der Waals surface area contributed by atoms with Crippen LogP contribution in [-0.4, -0.2) is 46.9 Å². The van der Waals surface area contributed by atoms with Gasteiger partial charge < -0.3 is 15.2 Å². The minimum Gasteiger partial charge on any atom is -0.389 e. The molecule has 0 bridgehead atoms. The smallest absolute Gasteiger partial charge is 0.215 e. The zero-order valence-corrected chi connectivity index (χ0v) is 13.5. The highest BCUT2D eigenvalue weighted by molar-refractivity contribution is 7.88. The van der Waals surface area contributed by atoms with Crippen LogP contribution in [0.1, 0.15) is 11.1 Å². The van der Waals surface area contributed by atoms with Crippen molar-refractivity contribution in [2.45, 2.75) is 5.75 Å². The van der Waals surface area contributed by atoms with Gasteiger partial charge in [-0.3, -0.25) is 0 Å². The second-order valence-electron chi connectivity index (χ2n) is 4.28. The first-order valence-corrected chi connectivity index (χ1v) is 8.44. The summed E-state index contributed by atoms with van der Waals surface area (Å²) in [7, 11) is -1.89. The molecule has 0 atom stereocenters. The van der Waals surface area contributed by atoms with Crippen LogP contribution in [0.3, 0.4) is 0 Å². The van der Waals surface area contributed by atoms with Crippen LogP contribution in [0.25, 0.3) is 0 Å². The Morgan fingerprint density at radius 3 is 2.67 bits per heavy atom. The summed E-state index contributed by atoms with van der Waals surface area (Å²) in [6.07, 6.45) is 0. The summed E-state index contributed by atoms with van der Waals surface area (Å²) < 4.78 is 36.5. The summed E-state index contributed by atoms with van der Waals surface area (Å²) in [6.45, 7) is 1.41. The summed E-state index contributed by atoms with van der Waals surface area (Å²) in [6, 6.07) is 6.92. The van der Waals surface area contributed by atoms with Gasteiger partial charge in [0, 0.05) is 19.2 Å². The van der Waals surface area contributed by atoms with Crippen LogP contribution < -0.4 is 10.5 Å². The first-order valence-electron chi connectivity index (χ1n) is 6.38. The molecule has 0 heterocycles. The Kier molecular flexibility index (Phi) is 7.76. The molecule has 0 aromatic heterocycles. The Hall–Kier alpha value is -1.06. The quantitative estimate of drug-likeness (QED) is 0.476. The van der Waals surface area contributed by atoms with Crippen molar-refractivity contribution < 1.29 is 17.9 Å². The summed E-state index contributed by atoms with van der Waals surface area (Å²) in [5.41, 5.74) is 6.75. The van der Waals surface area contributed by atoms with Crippen LogP contribution >= 0.6 is 12.2 Å². The van der Waals surface area contributed by atoms with E-state index in [0.29, 0.717) is 30.9 Å². The van der Waals surface area contributed by atoms with Crippen LogP contribution in [0.2, 0.25) is 0 Å². The van der Waals surface area contributed by atoms with Gasteiger partial charge in [-0.05, 0) is 5.56 Å². The molecule has 0 unspecified atom stereocenters. The van der Waals surface area contributed by atoms with E-state index in [-0.39, 0.29) is 17.3 Å². The largest absolute Gasteiger partial charge is 0.389 e.